The van der Waals surface area contributed by atoms with Gasteiger partial charge in [-0.3, -0.25) is 9.69 Å². The zero-order valence-electron chi connectivity index (χ0n) is 9.78. The molecule has 0 bridgehead atoms. The summed E-state index contributed by atoms with van der Waals surface area (Å²) in [5.74, 6) is 0.175. The molecule has 0 radical (unpaired) electrons. The molecule has 88 valence electrons. The minimum atomic E-state index is -0.247. The predicted octanol–water partition coefficient (Wildman–Crippen LogP) is 0.311. The monoisotopic (exact) mass is 214 g/mol. The maximum atomic E-state index is 11.8. The lowest BCUT2D eigenvalue weighted by Crippen LogP contribution is -2.45. The highest BCUT2D eigenvalue weighted by atomic mass is 16.3. The second kappa shape index (κ2) is 6.08. The topological polar surface area (TPSA) is 43.8 Å². The summed E-state index contributed by atoms with van der Waals surface area (Å²) < 4.78 is 0. The standard InChI is InChI=1S/C11H22N2O2/c1-3-13(4-2)11(15)9-12-7-5-6-10(14)8-12/h10,14H,3-9H2,1-2H3. The van der Waals surface area contributed by atoms with Gasteiger partial charge in [-0.1, -0.05) is 0 Å². The number of likely N-dealkylation sites (tertiary alicyclic amines) is 1. The summed E-state index contributed by atoms with van der Waals surface area (Å²) in [5, 5.41) is 9.48. The summed E-state index contributed by atoms with van der Waals surface area (Å²) in [5.41, 5.74) is 0. The molecule has 0 aromatic heterocycles. The molecule has 1 aliphatic rings. The number of hydrogen-bond acceptors (Lipinski definition) is 3. The quantitative estimate of drug-likeness (QED) is 0.732. The van der Waals surface area contributed by atoms with Gasteiger partial charge in [0.15, 0.2) is 0 Å². The van der Waals surface area contributed by atoms with Crippen molar-refractivity contribution in [2.45, 2.75) is 32.8 Å². The minimum Gasteiger partial charge on any atom is -0.392 e. The fourth-order valence-electron chi connectivity index (χ4n) is 2.04. The van der Waals surface area contributed by atoms with E-state index in [-0.39, 0.29) is 12.0 Å². The van der Waals surface area contributed by atoms with Crippen molar-refractivity contribution >= 4 is 5.91 Å². The maximum Gasteiger partial charge on any atom is 0.236 e. The van der Waals surface area contributed by atoms with Gasteiger partial charge in [-0.05, 0) is 33.2 Å². The highest BCUT2D eigenvalue weighted by molar-refractivity contribution is 5.78. The molecule has 0 spiro atoms. The number of nitrogens with zero attached hydrogens (tertiary/aromatic N) is 2. The van der Waals surface area contributed by atoms with Gasteiger partial charge in [0.2, 0.25) is 5.91 Å². The molecule has 0 aliphatic carbocycles. The van der Waals surface area contributed by atoms with Crippen LogP contribution in [0, 0.1) is 0 Å². The van der Waals surface area contributed by atoms with Gasteiger partial charge in [0.05, 0.1) is 12.6 Å². The van der Waals surface area contributed by atoms with Gasteiger partial charge in [0.25, 0.3) is 0 Å². The SMILES string of the molecule is CCN(CC)C(=O)CN1CCCC(O)C1. The van der Waals surface area contributed by atoms with Gasteiger partial charge in [-0.2, -0.15) is 0 Å². The fraction of sp³-hybridized carbons (Fsp3) is 0.909. The van der Waals surface area contributed by atoms with Gasteiger partial charge < -0.3 is 10.0 Å². The number of aliphatic hydroxyl groups excluding tert-OH is 1. The molecule has 1 saturated heterocycles. The number of amides is 1. The summed E-state index contributed by atoms with van der Waals surface area (Å²) in [6.45, 7) is 7.56. The number of hydrogen-bond donors (Lipinski definition) is 1. The molecule has 1 fully saturated rings. The van der Waals surface area contributed by atoms with Crippen LogP contribution < -0.4 is 0 Å². The minimum absolute atomic E-state index is 0.175. The van der Waals surface area contributed by atoms with E-state index in [2.05, 4.69) is 4.90 Å². The Morgan fingerprint density at radius 2 is 2.13 bits per heavy atom. The van der Waals surface area contributed by atoms with Gasteiger partial charge in [0.1, 0.15) is 0 Å². The van der Waals surface area contributed by atoms with Gasteiger partial charge in [-0.15, -0.1) is 0 Å². The third kappa shape index (κ3) is 3.80. The van der Waals surface area contributed by atoms with Crippen LogP contribution in [0.2, 0.25) is 0 Å². The first-order valence-electron chi connectivity index (χ1n) is 5.85. The second-order valence-electron chi connectivity index (χ2n) is 4.10. The Hall–Kier alpha value is -0.610. The van der Waals surface area contributed by atoms with Crippen LogP contribution in [0.5, 0.6) is 0 Å². The van der Waals surface area contributed by atoms with Crippen LogP contribution in [0.15, 0.2) is 0 Å². The highest BCUT2D eigenvalue weighted by Crippen LogP contribution is 2.09. The Bertz CT molecular complexity index is 205. The molecule has 1 amide bonds. The molecule has 15 heavy (non-hydrogen) atoms. The molecule has 1 atom stereocenters. The first kappa shape index (κ1) is 12.5. The van der Waals surface area contributed by atoms with Crippen molar-refractivity contribution in [3.05, 3.63) is 0 Å². The lowest BCUT2D eigenvalue weighted by atomic mass is 10.1. The Morgan fingerprint density at radius 3 is 2.67 bits per heavy atom. The number of carbonyl (C=O) groups excluding carboxylic acids is 1. The second-order valence-corrected chi connectivity index (χ2v) is 4.10. The molecule has 1 unspecified atom stereocenters. The maximum absolute atomic E-state index is 11.8. The van der Waals surface area contributed by atoms with Crippen molar-refractivity contribution < 1.29 is 9.90 Å². The predicted molar refractivity (Wildman–Crippen MR) is 59.6 cm³/mol. The summed E-state index contributed by atoms with van der Waals surface area (Å²) in [4.78, 5) is 15.7. The van der Waals surface area contributed by atoms with E-state index in [1.54, 1.807) is 0 Å². The Kier molecular flexibility index (Phi) is 5.05. The number of rotatable bonds is 4. The molecule has 1 aliphatic heterocycles. The third-order valence-electron chi connectivity index (χ3n) is 2.96. The van der Waals surface area contributed by atoms with Gasteiger partial charge >= 0.3 is 0 Å². The van der Waals surface area contributed by atoms with E-state index >= 15 is 0 Å². The molecule has 4 heteroatoms. The van der Waals surface area contributed by atoms with Crippen LogP contribution in [0.1, 0.15) is 26.7 Å². The van der Waals surface area contributed by atoms with Crippen LogP contribution in [-0.4, -0.2) is 59.6 Å². The molecule has 0 saturated carbocycles. The average Bonchev–Trinajstić information content (AvgIpc) is 2.19. The molecule has 4 nitrogen and oxygen atoms in total. The van der Waals surface area contributed by atoms with Crippen molar-refractivity contribution in [1.82, 2.24) is 9.80 Å². The zero-order valence-corrected chi connectivity index (χ0v) is 9.78. The first-order valence-corrected chi connectivity index (χ1v) is 5.85. The molecular formula is C11H22N2O2. The average molecular weight is 214 g/mol. The number of piperidine rings is 1. The molecule has 0 aromatic carbocycles. The van der Waals surface area contributed by atoms with E-state index in [0.717, 1.165) is 32.5 Å². The van der Waals surface area contributed by atoms with E-state index in [9.17, 15) is 9.90 Å². The molecule has 1 N–H and O–H groups in total. The highest BCUT2D eigenvalue weighted by Gasteiger charge is 2.21. The van der Waals surface area contributed by atoms with E-state index in [0.29, 0.717) is 13.1 Å². The smallest absolute Gasteiger partial charge is 0.236 e. The van der Waals surface area contributed by atoms with E-state index in [1.807, 2.05) is 18.7 Å². The number of aliphatic hydroxyl groups is 1. The van der Waals surface area contributed by atoms with Crippen LogP contribution in [0.25, 0.3) is 0 Å². The number of β-amino-alcohol motifs (C(OH)–C–C–N with tert-alkyl or cyclic N) is 1. The van der Waals surface area contributed by atoms with Crippen LogP contribution in [0.3, 0.4) is 0 Å². The summed E-state index contributed by atoms with van der Waals surface area (Å²) >= 11 is 0. The van der Waals surface area contributed by atoms with Crippen molar-refractivity contribution in [1.29, 1.82) is 0 Å². The lowest BCUT2D eigenvalue weighted by molar-refractivity contribution is -0.132. The molecular weight excluding hydrogens is 192 g/mol. The van der Waals surface area contributed by atoms with Crippen molar-refractivity contribution in [2.75, 3.05) is 32.7 Å². The summed E-state index contributed by atoms with van der Waals surface area (Å²) in [6, 6.07) is 0. The van der Waals surface area contributed by atoms with E-state index in [4.69, 9.17) is 0 Å². The van der Waals surface area contributed by atoms with Crippen LogP contribution in [-0.2, 0) is 4.79 Å². The van der Waals surface area contributed by atoms with Crippen LogP contribution >= 0.6 is 0 Å². The molecule has 0 aromatic rings. The Balaban J connectivity index is 2.36. The van der Waals surface area contributed by atoms with E-state index < -0.39 is 0 Å². The molecule has 1 heterocycles. The van der Waals surface area contributed by atoms with Crippen LogP contribution in [0.4, 0.5) is 0 Å². The number of carbonyl (C=O) groups is 1. The summed E-state index contributed by atoms with van der Waals surface area (Å²) in [7, 11) is 0. The summed E-state index contributed by atoms with van der Waals surface area (Å²) in [6.07, 6.45) is 1.62. The van der Waals surface area contributed by atoms with Crippen molar-refractivity contribution in [3.63, 3.8) is 0 Å². The van der Waals surface area contributed by atoms with Gasteiger partial charge in [-0.25, -0.2) is 0 Å². The first-order chi connectivity index (χ1) is 7.17. The van der Waals surface area contributed by atoms with Crippen molar-refractivity contribution in [2.24, 2.45) is 0 Å². The fourth-order valence-corrected chi connectivity index (χ4v) is 2.04. The largest absolute Gasteiger partial charge is 0.392 e. The lowest BCUT2D eigenvalue weighted by Gasteiger charge is -2.31. The Morgan fingerprint density at radius 1 is 1.47 bits per heavy atom. The van der Waals surface area contributed by atoms with Crippen molar-refractivity contribution in [3.8, 4) is 0 Å². The Labute approximate surface area is 91.9 Å². The molecule has 1 rings (SSSR count). The van der Waals surface area contributed by atoms with E-state index in [1.165, 1.54) is 0 Å². The number of likely N-dealkylation sites (N-methyl/N-ethyl adjacent to an activating group) is 1. The van der Waals surface area contributed by atoms with Gasteiger partial charge in [0, 0.05) is 19.6 Å². The third-order valence-corrected chi connectivity index (χ3v) is 2.96. The zero-order chi connectivity index (χ0) is 11.3. The normalized spacial score (nSPS) is 22.7.